The molecule has 0 aromatic heterocycles. The van der Waals surface area contributed by atoms with E-state index in [-0.39, 0.29) is 10.8 Å². The zero-order chi connectivity index (χ0) is 39.3. The first kappa shape index (κ1) is 35.8. The number of fused-ring (bicyclic) bond motifs is 6. The normalized spacial score (nSPS) is 14.2. The molecule has 0 radical (unpaired) electrons. The molecule has 2 nitrogen and oxygen atoms in total. The first-order valence-electron chi connectivity index (χ1n) is 20.1. The van der Waals surface area contributed by atoms with Crippen LogP contribution in [0.5, 0.6) is 0 Å². The summed E-state index contributed by atoms with van der Waals surface area (Å²) in [5, 5.41) is 0. The fourth-order valence-corrected chi connectivity index (χ4v) is 9.96. The highest BCUT2D eigenvalue weighted by molar-refractivity contribution is 5.95. The zero-order valence-electron chi connectivity index (χ0n) is 34.6. The van der Waals surface area contributed by atoms with E-state index in [0.29, 0.717) is 0 Å². The smallest absolute Gasteiger partial charge is 0.0490 e. The molecule has 56 heavy (non-hydrogen) atoms. The van der Waals surface area contributed by atoms with E-state index < -0.39 is 0 Å². The van der Waals surface area contributed by atoms with Gasteiger partial charge in [0.1, 0.15) is 0 Å². The standard InChI is InChI=1S/C54H52N2/c1-33-19-23-39(24-20-33)55(48-17-13-11-15-35(48)3)41-27-28-43-45(30-41)53(7,8)47-32-44-50-37(5)29-42(31-46(50)54(9,10)52(44)38(6)51(43)47)56(40-25-21-34(2)22-26-40)49-18-14-12-16-36(49)4/h11-32H,1-10H3. The molecule has 0 saturated heterocycles. The van der Waals surface area contributed by atoms with Crippen LogP contribution in [0.1, 0.15) is 83.3 Å². The van der Waals surface area contributed by atoms with Gasteiger partial charge in [0.25, 0.3) is 0 Å². The summed E-state index contributed by atoms with van der Waals surface area (Å²) in [7, 11) is 0. The van der Waals surface area contributed by atoms with Gasteiger partial charge in [0.05, 0.1) is 0 Å². The molecule has 7 aromatic carbocycles. The van der Waals surface area contributed by atoms with Gasteiger partial charge in [-0.05, 0) is 175 Å². The van der Waals surface area contributed by atoms with Crippen LogP contribution in [-0.2, 0) is 10.8 Å². The van der Waals surface area contributed by atoms with Crippen LogP contribution >= 0.6 is 0 Å². The summed E-state index contributed by atoms with van der Waals surface area (Å²) in [4.78, 5) is 4.87. The maximum atomic E-state index is 2.57. The molecule has 2 heteroatoms. The van der Waals surface area contributed by atoms with Crippen molar-refractivity contribution in [2.24, 2.45) is 0 Å². The molecular formula is C54H52N2. The second-order valence-electron chi connectivity index (χ2n) is 17.4. The van der Waals surface area contributed by atoms with Crippen LogP contribution in [0.4, 0.5) is 34.1 Å². The molecule has 0 bridgehead atoms. The van der Waals surface area contributed by atoms with E-state index in [2.05, 4.69) is 212 Å². The summed E-state index contributed by atoms with van der Waals surface area (Å²) in [6.07, 6.45) is 0. The Hall–Kier alpha value is -5.86. The number of nitrogens with zero attached hydrogens (tertiary/aromatic N) is 2. The van der Waals surface area contributed by atoms with Crippen LogP contribution in [0.3, 0.4) is 0 Å². The fraction of sp³-hybridized carbons (Fsp3) is 0.222. The van der Waals surface area contributed by atoms with Crippen molar-refractivity contribution in [2.45, 2.75) is 80.1 Å². The van der Waals surface area contributed by atoms with Crippen molar-refractivity contribution >= 4 is 34.1 Å². The summed E-state index contributed by atoms with van der Waals surface area (Å²) in [6, 6.07) is 50.0. The van der Waals surface area contributed by atoms with Crippen molar-refractivity contribution in [3.63, 3.8) is 0 Å². The number of hydrogen-bond donors (Lipinski definition) is 0. The molecular weight excluding hydrogens is 677 g/mol. The predicted molar refractivity (Wildman–Crippen MR) is 239 cm³/mol. The molecule has 0 saturated carbocycles. The lowest BCUT2D eigenvalue weighted by atomic mass is 9.76. The third kappa shape index (κ3) is 5.37. The summed E-state index contributed by atoms with van der Waals surface area (Å²) in [6.45, 7) is 23.2. The van der Waals surface area contributed by atoms with Crippen LogP contribution in [0.2, 0.25) is 0 Å². The Kier molecular flexibility index (Phi) is 8.22. The van der Waals surface area contributed by atoms with E-state index in [0.717, 1.165) is 0 Å². The van der Waals surface area contributed by atoms with Crippen LogP contribution in [0, 0.1) is 41.5 Å². The SMILES string of the molecule is Cc1ccc(N(c2ccc3c(c2)C(C)(C)c2cc4c(c(C)c2-3)C(C)(C)c2cc(N(c3ccc(C)cc3)c3ccccc3C)cc(C)c2-4)c2ccccc2C)cc1. The van der Waals surface area contributed by atoms with Crippen molar-refractivity contribution in [3.05, 3.63) is 189 Å². The Bertz CT molecular complexity index is 2690. The van der Waals surface area contributed by atoms with E-state index in [1.165, 1.54) is 112 Å². The molecule has 0 fully saturated rings. The predicted octanol–water partition coefficient (Wildman–Crippen LogP) is 15.1. The van der Waals surface area contributed by atoms with Gasteiger partial charge in [0.2, 0.25) is 0 Å². The Morgan fingerprint density at radius 2 is 0.857 bits per heavy atom. The van der Waals surface area contributed by atoms with Crippen molar-refractivity contribution in [3.8, 4) is 22.3 Å². The second-order valence-corrected chi connectivity index (χ2v) is 17.4. The topological polar surface area (TPSA) is 6.48 Å². The van der Waals surface area contributed by atoms with Crippen LogP contribution < -0.4 is 9.80 Å². The third-order valence-electron chi connectivity index (χ3n) is 12.9. The van der Waals surface area contributed by atoms with Gasteiger partial charge < -0.3 is 9.80 Å². The molecule has 2 aliphatic carbocycles. The van der Waals surface area contributed by atoms with Crippen molar-refractivity contribution < 1.29 is 0 Å². The van der Waals surface area contributed by atoms with Crippen molar-refractivity contribution in [1.82, 2.24) is 0 Å². The van der Waals surface area contributed by atoms with Crippen LogP contribution in [0.25, 0.3) is 22.3 Å². The van der Waals surface area contributed by atoms with Gasteiger partial charge >= 0.3 is 0 Å². The van der Waals surface area contributed by atoms with Crippen LogP contribution in [0.15, 0.2) is 133 Å². The molecule has 0 N–H and O–H groups in total. The summed E-state index contributed by atoms with van der Waals surface area (Å²) < 4.78 is 0. The highest BCUT2D eigenvalue weighted by Crippen LogP contribution is 2.60. The van der Waals surface area contributed by atoms with E-state index in [4.69, 9.17) is 0 Å². The van der Waals surface area contributed by atoms with Gasteiger partial charge in [0, 0.05) is 45.0 Å². The van der Waals surface area contributed by atoms with E-state index >= 15 is 0 Å². The Morgan fingerprint density at radius 1 is 0.375 bits per heavy atom. The Labute approximate surface area is 334 Å². The zero-order valence-corrected chi connectivity index (χ0v) is 34.6. The Morgan fingerprint density at radius 3 is 1.41 bits per heavy atom. The highest BCUT2D eigenvalue weighted by Gasteiger charge is 2.44. The number of hydrogen-bond acceptors (Lipinski definition) is 2. The quantitative estimate of drug-likeness (QED) is 0.168. The summed E-state index contributed by atoms with van der Waals surface area (Å²) in [5.41, 5.74) is 25.8. The second kappa shape index (κ2) is 12.8. The van der Waals surface area contributed by atoms with E-state index in [9.17, 15) is 0 Å². The van der Waals surface area contributed by atoms with Gasteiger partial charge in [-0.3, -0.25) is 0 Å². The largest absolute Gasteiger partial charge is 0.310 e. The van der Waals surface area contributed by atoms with Gasteiger partial charge in [-0.1, -0.05) is 106 Å². The first-order valence-corrected chi connectivity index (χ1v) is 20.1. The number of rotatable bonds is 6. The van der Waals surface area contributed by atoms with E-state index in [1.54, 1.807) is 0 Å². The first-order chi connectivity index (χ1) is 26.8. The lowest BCUT2D eigenvalue weighted by Gasteiger charge is -2.30. The minimum absolute atomic E-state index is 0.182. The van der Waals surface area contributed by atoms with Crippen LogP contribution in [-0.4, -0.2) is 0 Å². The molecule has 278 valence electrons. The summed E-state index contributed by atoms with van der Waals surface area (Å²) >= 11 is 0. The van der Waals surface area contributed by atoms with Gasteiger partial charge in [-0.25, -0.2) is 0 Å². The average molecular weight is 729 g/mol. The highest BCUT2D eigenvalue weighted by atomic mass is 15.1. The van der Waals surface area contributed by atoms with Gasteiger partial charge in [-0.15, -0.1) is 0 Å². The number of para-hydroxylation sites is 2. The third-order valence-corrected chi connectivity index (χ3v) is 12.9. The summed E-state index contributed by atoms with van der Waals surface area (Å²) in [5.74, 6) is 0. The molecule has 2 aliphatic rings. The molecule has 0 spiro atoms. The number of benzene rings is 7. The molecule has 0 heterocycles. The molecule has 0 aliphatic heterocycles. The molecule has 7 aromatic rings. The minimum Gasteiger partial charge on any atom is -0.310 e. The van der Waals surface area contributed by atoms with Crippen molar-refractivity contribution in [2.75, 3.05) is 9.80 Å². The van der Waals surface area contributed by atoms with Crippen molar-refractivity contribution in [1.29, 1.82) is 0 Å². The molecule has 0 atom stereocenters. The number of aryl methyl sites for hydroxylation is 5. The monoisotopic (exact) mass is 728 g/mol. The average Bonchev–Trinajstić information content (AvgIpc) is 3.54. The molecule has 0 unspecified atom stereocenters. The fourth-order valence-electron chi connectivity index (χ4n) is 9.96. The maximum absolute atomic E-state index is 2.57. The number of anilines is 6. The van der Waals surface area contributed by atoms with Gasteiger partial charge in [0.15, 0.2) is 0 Å². The minimum atomic E-state index is -0.185. The maximum Gasteiger partial charge on any atom is 0.0490 e. The molecule has 0 amide bonds. The van der Waals surface area contributed by atoms with E-state index in [1.807, 2.05) is 0 Å². The van der Waals surface area contributed by atoms with Gasteiger partial charge in [-0.2, -0.15) is 0 Å². The molecule has 9 rings (SSSR count). The lowest BCUT2D eigenvalue weighted by Crippen LogP contribution is -2.19. The Balaban J connectivity index is 1.19. The lowest BCUT2D eigenvalue weighted by molar-refractivity contribution is 0.648.